The Hall–Kier alpha value is -0.120. The van der Waals surface area contributed by atoms with Crippen LogP contribution in [0, 0.1) is 5.92 Å². The monoisotopic (exact) mass is 242 g/mol. The van der Waals surface area contributed by atoms with Gasteiger partial charge in [0.05, 0.1) is 5.60 Å². The first-order valence-electron chi connectivity index (χ1n) is 7.00. The van der Waals surface area contributed by atoms with Crippen LogP contribution in [0.5, 0.6) is 0 Å². The molecule has 17 heavy (non-hydrogen) atoms. The fourth-order valence-corrected chi connectivity index (χ4v) is 2.52. The Labute approximate surface area is 107 Å². The van der Waals surface area contributed by atoms with Crippen LogP contribution < -0.4 is 5.32 Å². The van der Waals surface area contributed by atoms with Crippen molar-refractivity contribution in [2.75, 3.05) is 19.6 Å². The molecular weight excluding hydrogens is 212 g/mol. The molecule has 3 atom stereocenters. The van der Waals surface area contributed by atoms with E-state index in [0.29, 0.717) is 18.6 Å². The Balaban J connectivity index is 2.44. The Bertz CT molecular complexity index is 228. The van der Waals surface area contributed by atoms with Gasteiger partial charge in [-0.2, -0.15) is 0 Å². The third-order valence-electron chi connectivity index (χ3n) is 3.68. The number of nitrogens with zero attached hydrogens (tertiary/aromatic N) is 1. The maximum atomic E-state index is 10.4. The van der Waals surface area contributed by atoms with E-state index in [1.807, 2.05) is 6.92 Å². The van der Waals surface area contributed by atoms with E-state index in [1.165, 1.54) is 12.8 Å². The molecular formula is C14H30N2O. The second-order valence-corrected chi connectivity index (χ2v) is 6.49. The maximum absolute atomic E-state index is 10.4. The largest absolute Gasteiger partial charge is 0.388 e. The summed E-state index contributed by atoms with van der Waals surface area (Å²) in [6, 6.07) is 1.04. The quantitative estimate of drug-likeness (QED) is 0.772. The van der Waals surface area contributed by atoms with E-state index in [2.05, 4.69) is 37.9 Å². The molecule has 0 aromatic heterocycles. The molecule has 3 nitrogen and oxygen atoms in total. The van der Waals surface area contributed by atoms with Crippen LogP contribution >= 0.6 is 0 Å². The van der Waals surface area contributed by atoms with Gasteiger partial charge in [-0.15, -0.1) is 0 Å². The Kier molecular flexibility index (Phi) is 5.42. The van der Waals surface area contributed by atoms with Crippen molar-refractivity contribution in [3.63, 3.8) is 0 Å². The molecule has 1 rings (SSSR count). The van der Waals surface area contributed by atoms with Crippen LogP contribution in [0.1, 0.15) is 47.5 Å². The third kappa shape index (κ3) is 5.36. The molecule has 0 bridgehead atoms. The highest BCUT2D eigenvalue weighted by molar-refractivity contribution is 4.86. The van der Waals surface area contributed by atoms with Crippen molar-refractivity contribution in [3.05, 3.63) is 0 Å². The van der Waals surface area contributed by atoms with Gasteiger partial charge in [0.25, 0.3) is 0 Å². The number of β-amino-alcohol motifs (C(OH)–C–C–N with tert-alkyl or cyclic N) is 1. The summed E-state index contributed by atoms with van der Waals surface area (Å²) in [6.45, 7) is 13.3. The molecule has 1 aliphatic rings. The van der Waals surface area contributed by atoms with Crippen molar-refractivity contribution < 1.29 is 5.11 Å². The Morgan fingerprint density at radius 1 is 1.35 bits per heavy atom. The van der Waals surface area contributed by atoms with Crippen molar-refractivity contribution in [3.8, 4) is 0 Å². The lowest BCUT2D eigenvalue weighted by molar-refractivity contribution is -0.00856. The summed E-state index contributed by atoms with van der Waals surface area (Å²) in [5, 5.41) is 13.7. The van der Waals surface area contributed by atoms with Crippen LogP contribution in [-0.4, -0.2) is 47.3 Å². The van der Waals surface area contributed by atoms with Crippen LogP contribution in [0.25, 0.3) is 0 Å². The molecule has 2 N–H and O–H groups in total. The minimum absolute atomic E-state index is 0.430. The predicted octanol–water partition coefficient (Wildman–Crippen LogP) is 1.86. The number of nitrogens with one attached hydrogen (secondary N) is 1. The minimum atomic E-state index is -0.629. The number of likely N-dealkylation sites (tertiary alicyclic amines) is 1. The number of hydrogen-bond acceptors (Lipinski definition) is 3. The van der Waals surface area contributed by atoms with Crippen molar-refractivity contribution in [2.45, 2.75) is 65.1 Å². The first-order chi connectivity index (χ1) is 7.80. The molecule has 0 saturated carbocycles. The van der Waals surface area contributed by atoms with Gasteiger partial charge in [0.2, 0.25) is 0 Å². The second-order valence-electron chi connectivity index (χ2n) is 6.49. The zero-order chi connectivity index (χ0) is 13.1. The molecule has 1 saturated heterocycles. The smallest absolute Gasteiger partial charge is 0.0869 e. The van der Waals surface area contributed by atoms with Crippen LogP contribution in [-0.2, 0) is 0 Å². The molecule has 1 aliphatic heterocycles. The van der Waals surface area contributed by atoms with Crippen LogP contribution in [0.3, 0.4) is 0 Å². The zero-order valence-electron chi connectivity index (χ0n) is 12.2. The van der Waals surface area contributed by atoms with Crippen molar-refractivity contribution in [2.24, 2.45) is 5.92 Å². The summed E-state index contributed by atoms with van der Waals surface area (Å²) in [5.74, 6) is 0.764. The van der Waals surface area contributed by atoms with Gasteiger partial charge in [-0.25, -0.2) is 0 Å². The minimum Gasteiger partial charge on any atom is -0.388 e. The highest BCUT2D eigenvalue weighted by Crippen LogP contribution is 2.23. The molecule has 0 radical (unpaired) electrons. The normalized spacial score (nSPS) is 30.5. The van der Waals surface area contributed by atoms with Crippen molar-refractivity contribution in [1.29, 1.82) is 0 Å². The number of hydrogen-bond donors (Lipinski definition) is 2. The van der Waals surface area contributed by atoms with Crippen molar-refractivity contribution in [1.82, 2.24) is 10.2 Å². The van der Waals surface area contributed by atoms with E-state index in [9.17, 15) is 5.11 Å². The van der Waals surface area contributed by atoms with Crippen LogP contribution in [0.15, 0.2) is 0 Å². The van der Waals surface area contributed by atoms with Gasteiger partial charge < -0.3 is 10.4 Å². The van der Waals surface area contributed by atoms with E-state index in [0.717, 1.165) is 19.0 Å². The average molecular weight is 242 g/mol. The first-order valence-corrected chi connectivity index (χ1v) is 7.00. The van der Waals surface area contributed by atoms with Crippen molar-refractivity contribution >= 4 is 0 Å². The molecule has 1 fully saturated rings. The number of aliphatic hydroxyl groups is 1. The lowest BCUT2D eigenvalue weighted by Gasteiger charge is -2.41. The molecule has 3 heteroatoms. The van der Waals surface area contributed by atoms with Gasteiger partial charge in [0.15, 0.2) is 0 Å². The molecule has 0 amide bonds. The zero-order valence-corrected chi connectivity index (χ0v) is 12.2. The van der Waals surface area contributed by atoms with E-state index in [4.69, 9.17) is 0 Å². The molecule has 0 aliphatic carbocycles. The summed E-state index contributed by atoms with van der Waals surface area (Å²) in [5.41, 5.74) is -0.629. The van der Waals surface area contributed by atoms with Gasteiger partial charge in [-0.3, -0.25) is 4.90 Å². The lowest BCUT2D eigenvalue weighted by Crippen LogP contribution is -2.53. The molecule has 3 unspecified atom stereocenters. The summed E-state index contributed by atoms with van der Waals surface area (Å²) in [7, 11) is 0. The van der Waals surface area contributed by atoms with E-state index in [1.54, 1.807) is 0 Å². The van der Waals surface area contributed by atoms with Gasteiger partial charge in [-0.05, 0) is 32.6 Å². The molecule has 0 aromatic rings. The summed E-state index contributed by atoms with van der Waals surface area (Å²) in [6.07, 6.45) is 2.58. The van der Waals surface area contributed by atoms with Gasteiger partial charge in [0.1, 0.15) is 0 Å². The molecule has 102 valence electrons. The second kappa shape index (κ2) is 6.17. The van der Waals surface area contributed by atoms with E-state index < -0.39 is 5.60 Å². The number of piperidine rings is 1. The topological polar surface area (TPSA) is 35.5 Å². The Morgan fingerprint density at radius 3 is 2.59 bits per heavy atom. The summed E-state index contributed by atoms with van der Waals surface area (Å²) >= 11 is 0. The lowest BCUT2D eigenvalue weighted by atomic mass is 9.93. The standard InChI is InChI=1S/C14H30N2O/c1-11(2)15-9-14(5,17)10-16-8-12(3)6-7-13(16)4/h11-13,15,17H,6-10H2,1-5H3. The maximum Gasteiger partial charge on any atom is 0.0869 e. The fraction of sp³-hybridized carbons (Fsp3) is 1.00. The van der Waals surface area contributed by atoms with Gasteiger partial charge in [0, 0.05) is 31.7 Å². The average Bonchev–Trinajstić information content (AvgIpc) is 2.20. The summed E-state index contributed by atoms with van der Waals surface area (Å²) < 4.78 is 0. The van der Waals surface area contributed by atoms with Gasteiger partial charge >= 0.3 is 0 Å². The predicted molar refractivity (Wildman–Crippen MR) is 73.2 cm³/mol. The SMILES string of the molecule is CC1CCC(C)N(CC(C)(O)CNC(C)C)C1. The highest BCUT2D eigenvalue weighted by atomic mass is 16.3. The fourth-order valence-electron chi connectivity index (χ4n) is 2.52. The number of rotatable bonds is 5. The highest BCUT2D eigenvalue weighted by Gasteiger charge is 2.30. The summed E-state index contributed by atoms with van der Waals surface area (Å²) in [4.78, 5) is 2.44. The van der Waals surface area contributed by atoms with Crippen LogP contribution in [0.2, 0.25) is 0 Å². The molecule has 0 spiro atoms. The van der Waals surface area contributed by atoms with Gasteiger partial charge in [-0.1, -0.05) is 20.8 Å². The first kappa shape index (κ1) is 14.9. The van der Waals surface area contributed by atoms with E-state index in [-0.39, 0.29) is 0 Å². The van der Waals surface area contributed by atoms with Crippen LogP contribution in [0.4, 0.5) is 0 Å². The Morgan fingerprint density at radius 2 is 2.00 bits per heavy atom. The molecule has 1 heterocycles. The van der Waals surface area contributed by atoms with E-state index >= 15 is 0 Å². The third-order valence-corrected chi connectivity index (χ3v) is 3.68. The molecule has 0 aromatic carbocycles.